The highest BCUT2D eigenvalue weighted by molar-refractivity contribution is 8.01. The fourth-order valence-corrected chi connectivity index (χ4v) is 3.84. The zero-order chi connectivity index (χ0) is 14.5. The van der Waals surface area contributed by atoms with E-state index in [0.29, 0.717) is 9.09 Å². The number of rotatable bonds is 6. The smallest absolute Gasteiger partial charge is 0.294 e. The molecule has 104 valence electrons. The van der Waals surface area contributed by atoms with E-state index in [9.17, 15) is 14.9 Å². The number of hydrogen-bond donors (Lipinski definition) is 0. The van der Waals surface area contributed by atoms with Crippen molar-refractivity contribution in [1.82, 2.24) is 0 Å². The number of carbonyl (C=O) groups excluding carboxylic acids is 1. The molecule has 0 amide bonds. The van der Waals surface area contributed by atoms with E-state index >= 15 is 0 Å². The maximum atomic E-state index is 11.0. The molecular weight excluding hydrogens is 298 g/mol. The molecule has 0 aliphatic carbocycles. The Kier molecular flexibility index (Phi) is 4.75. The summed E-state index contributed by atoms with van der Waals surface area (Å²) in [6.07, 6.45) is 0.950. The molecule has 0 bridgehead atoms. The van der Waals surface area contributed by atoms with Crippen molar-refractivity contribution in [3.63, 3.8) is 0 Å². The van der Waals surface area contributed by atoms with Crippen molar-refractivity contribution in [2.45, 2.75) is 15.5 Å². The van der Waals surface area contributed by atoms with Crippen molar-refractivity contribution in [1.29, 1.82) is 0 Å². The molecule has 0 N–H and O–H groups in total. The summed E-state index contributed by atoms with van der Waals surface area (Å²) in [6, 6.07) is 8.74. The average molecular weight is 309 g/mol. The van der Waals surface area contributed by atoms with Crippen molar-refractivity contribution in [3.8, 4) is 5.75 Å². The number of ether oxygens (including phenoxy) is 1. The summed E-state index contributed by atoms with van der Waals surface area (Å²) in [5, 5.41) is 11.0. The number of nitrogens with zero attached hydrogens (tertiary/aromatic N) is 1. The summed E-state index contributed by atoms with van der Waals surface area (Å²) in [7, 11) is 1.58. The fraction of sp³-hybridized carbons (Fsp3) is 0.154. The van der Waals surface area contributed by atoms with Gasteiger partial charge in [0.1, 0.15) is 16.2 Å². The van der Waals surface area contributed by atoms with Crippen LogP contribution in [0.3, 0.4) is 0 Å². The van der Waals surface area contributed by atoms with Crippen LogP contribution in [-0.2, 0) is 11.2 Å². The van der Waals surface area contributed by atoms with Crippen LogP contribution in [0.2, 0.25) is 0 Å². The third-order valence-electron chi connectivity index (χ3n) is 2.48. The molecule has 0 radical (unpaired) electrons. The van der Waals surface area contributed by atoms with Crippen LogP contribution in [0.1, 0.15) is 4.88 Å². The average Bonchev–Trinajstić information content (AvgIpc) is 2.83. The number of hydrogen-bond acceptors (Lipinski definition) is 6. The first-order chi connectivity index (χ1) is 9.63. The zero-order valence-electron chi connectivity index (χ0n) is 10.6. The van der Waals surface area contributed by atoms with Gasteiger partial charge >= 0.3 is 0 Å². The second-order valence-electron chi connectivity index (χ2n) is 3.79. The van der Waals surface area contributed by atoms with Crippen molar-refractivity contribution in [3.05, 3.63) is 45.3 Å². The van der Waals surface area contributed by atoms with Crippen LogP contribution in [0.25, 0.3) is 0 Å². The molecule has 1 aromatic carbocycles. The van der Waals surface area contributed by atoms with Gasteiger partial charge in [0.05, 0.1) is 12.0 Å². The largest absolute Gasteiger partial charge is 0.497 e. The topological polar surface area (TPSA) is 69.4 Å². The van der Waals surface area contributed by atoms with Gasteiger partial charge in [-0.05, 0) is 24.3 Å². The van der Waals surface area contributed by atoms with Crippen molar-refractivity contribution in [2.24, 2.45) is 0 Å². The van der Waals surface area contributed by atoms with E-state index in [2.05, 4.69) is 0 Å². The molecule has 0 fully saturated rings. The normalized spacial score (nSPS) is 10.2. The monoisotopic (exact) mass is 309 g/mol. The first-order valence-corrected chi connectivity index (χ1v) is 7.30. The summed E-state index contributed by atoms with van der Waals surface area (Å²) < 4.78 is 5.64. The molecule has 0 saturated carbocycles. The lowest BCUT2D eigenvalue weighted by Gasteiger charge is -2.01. The first-order valence-electron chi connectivity index (χ1n) is 5.66. The Morgan fingerprint density at radius 3 is 2.65 bits per heavy atom. The lowest BCUT2D eigenvalue weighted by atomic mass is 10.3. The van der Waals surface area contributed by atoms with Crippen LogP contribution in [-0.4, -0.2) is 18.3 Å². The molecule has 0 saturated heterocycles. The third kappa shape index (κ3) is 3.37. The van der Waals surface area contributed by atoms with Gasteiger partial charge in [-0.3, -0.25) is 10.1 Å². The molecule has 0 unspecified atom stereocenters. The molecule has 0 aliphatic heterocycles. The predicted molar refractivity (Wildman–Crippen MR) is 77.9 cm³/mol. The number of aldehydes is 1. The van der Waals surface area contributed by atoms with Crippen molar-refractivity contribution >= 4 is 35.1 Å². The van der Waals surface area contributed by atoms with Crippen LogP contribution < -0.4 is 4.74 Å². The number of benzene rings is 1. The number of methoxy groups -OCH3 is 1. The predicted octanol–water partition coefficient (Wildman–Crippen LogP) is 3.56. The van der Waals surface area contributed by atoms with Gasteiger partial charge in [-0.2, -0.15) is 0 Å². The highest BCUT2D eigenvalue weighted by Gasteiger charge is 2.19. The van der Waals surface area contributed by atoms with Gasteiger partial charge in [-0.25, -0.2) is 0 Å². The standard InChI is InChI=1S/C13H11NO4S2/c1-18-9-2-4-10(5-3-9)19-13-12(14(16)17)8-11(20-13)6-7-15/h2-5,7-8H,6H2,1H3. The Morgan fingerprint density at radius 2 is 2.10 bits per heavy atom. The van der Waals surface area contributed by atoms with Crippen LogP contribution >= 0.6 is 23.1 Å². The molecule has 0 atom stereocenters. The SMILES string of the molecule is COc1ccc(Sc2sc(CC=O)cc2[N+](=O)[O-])cc1. The summed E-state index contributed by atoms with van der Waals surface area (Å²) in [4.78, 5) is 22.7. The van der Waals surface area contributed by atoms with Crippen LogP contribution in [0.15, 0.2) is 39.4 Å². The Labute approximate surface area is 123 Å². The van der Waals surface area contributed by atoms with E-state index < -0.39 is 4.92 Å². The Bertz CT molecular complexity index is 622. The number of carbonyl (C=O) groups is 1. The van der Waals surface area contributed by atoms with Gasteiger partial charge in [0, 0.05) is 22.3 Å². The van der Waals surface area contributed by atoms with E-state index in [0.717, 1.165) is 16.9 Å². The minimum absolute atomic E-state index is 0.0488. The van der Waals surface area contributed by atoms with E-state index in [-0.39, 0.29) is 12.1 Å². The number of nitro groups is 1. The van der Waals surface area contributed by atoms with Crippen LogP contribution in [0.4, 0.5) is 5.69 Å². The third-order valence-corrected chi connectivity index (χ3v) is 4.83. The lowest BCUT2D eigenvalue weighted by Crippen LogP contribution is -1.86. The molecule has 2 rings (SSSR count). The quantitative estimate of drug-likeness (QED) is 0.463. The van der Waals surface area contributed by atoms with Crippen molar-refractivity contribution in [2.75, 3.05) is 7.11 Å². The first kappa shape index (κ1) is 14.5. The van der Waals surface area contributed by atoms with E-state index in [1.807, 2.05) is 12.1 Å². The number of thiophene rings is 1. The molecule has 1 aromatic heterocycles. The second-order valence-corrected chi connectivity index (χ2v) is 6.27. The fourth-order valence-electron chi connectivity index (χ4n) is 1.55. The molecule has 7 heteroatoms. The molecular formula is C13H11NO4S2. The highest BCUT2D eigenvalue weighted by Crippen LogP contribution is 2.41. The van der Waals surface area contributed by atoms with Gasteiger partial charge in [0.2, 0.25) is 0 Å². The molecule has 20 heavy (non-hydrogen) atoms. The second kappa shape index (κ2) is 6.53. The van der Waals surface area contributed by atoms with E-state index in [4.69, 9.17) is 4.74 Å². The molecule has 0 spiro atoms. The van der Waals surface area contributed by atoms with Gasteiger partial charge in [-0.1, -0.05) is 11.8 Å². The summed E-state index contributed by atoms with van der Waals surface area (Å²) in [5.74, 6) is 0.733. The zero-order valence-corrected chi connectivity index (χ0v) is 12.2. The van der Waals surface area contributed by atoms with Gasteiger partial charge in [0.15, 0.2) is 0 Å². The maximum absolute atomic E-state index is 11.0. The summed E-state index contributed by atoms with van der Waals surface area (Å²) in [6.45, 7) is 0. The lowest BCUT2D eigenvalue weighted by molar-refractivity contribution is -0.387. The Hall–Kier alpha value is -1.86. The van der Waals surface area contributed by atoms with Crippen molar-refractivity contribution < 1.29 is 14.5 Å². The summed E-state index contributed by atoms with van der Waals surface area (Å²) >= 11 is 2.59. The molecule has 2 aromatic rings. The molecule has 1 heterocycles. The molecule has 0 aliphatic rings. The van der Waals surface area contributed by atoms with E-state index in [1.165, 1.54) is 29.2 Å². The van der Waals surface area contributed by atoms with Gasteiger partial charge in [0.25, 0.3) is 5.69 Å². The minimum Gasteiger partial charge on any atom is -0.497 e. The van der Waals surface area contributed by atoms with Gasteiger partial charge in [-0.15, -0.1) is 11.3 Å². The van der Waals surface area contributed by atoms with Gasteiger partial charge < -0.3 is 9.53 Å². The van der Waals surface area contributed by atoms with E-state index in [1.54, 1.807) is 19.2 Å². The maximum Gasteiger partial charge on any atom is 0.294 e. The van der Waals surface area contributed by atoms with Crippen LogP contribution in [0, 0.1) is 10.1 Å². The Balaban J connectivity index is 2.26. The summed E-state index contributed by atoms with van der Waals surface area (Å²) in [5.41, 5.74) is 0.0488. The molecule has 5 nitrogen and oxygen atoms in total. The minimum atomic E-state index is -0.420. The Morgan fingerprint density at radius 1 is 1.40 bits per heavy atom. The highest BCUT2D eigenvalue weighted by atomic mass is 32.2. The van der Waals surface area contributed by atoms with Crippen LogP contribution in [0.5, 0.6) is 5.75 Å².